The predicted molar refractivity (Wildman–Crippen MR) is 90.0 cm³/mol. The van der Waals surface area contributed by atoms with Crippen molar-refractivity contribution < 1.29 is 18.3 Å². The lowest BCUT2D eigenvalue weighted by molar-refractivity contribution is -0.139. The van der Waals surface area contributed by atoms with Crippen LogP contribution in [0.15, 0.2) is 16.6 Å². The van der Waals surface area contributed by atoms with Crippen LogP contribution in [0.5, 0.6) is 5.75 Å². The van der Waals surface area contributed by atoms with Crippen LogP contribution < -0.4 is 5.32 Å². The van der Waals surface area contributed by atoms with Gasteiger partial charge in [0.1, 0.15) is 5.75 Å². The molecule has 1 aromatic rings. The minimum Gasteiger partial charge on any atom is -0.506 e. The van der Waals surface area contributed by atoms with Crippen LogP contribution in [-0.4, -0.2) is 36.2 Å². The third-order valence-electron chi connectivity index (χ3n) is 5.16. The molecule has 0 spiro atoms. The SMILES string of the molecule is Oc1c(Br)ccc(C(F)(F)F)c1[C@@H](C1CCCC1)N1CCNCC1. The maximum Gasteiger partial charge on any atom is 0.416 e. The van der Waals surface area contributed by atoms with Crippen LogP contribution in [-0.2, 0) is 6.18 Å². The van der Waals surface area contributed by atoms with E-state index in [2.05, 4.69) is 26.1 Å². The van der Waals surface area contributed by atoms with E-state index < -0.39 is 11.7 Å². The van der Waals surface area contributed by atoms with Gasteiger partial charge in [0.25, 0.3) is 0 Å². The summed E-state index contributed by atoms with van der Waals surface area (Å²) in [7, 11) is 0. The molecule has 1 aliphatic heterocycles. The van der Waals surface area contributed by atoms with E-state index in [1.807, 2.05) is 0 Å². The number of phenols is 1. The topological polar surface area (TPSA) is 35.5 Å². The number of rotatable bonds is 3. The third-order valence-corrected chi connectivity index (χ3v) is 5.80. The summed E-state index contributed by atoms with van der Waals surface area (Å²) >= 11 is 3.20. The molecule has 1 aromatic carbocycles. The van der Waals surface area contributed by atoms with Crippen LogP contribution in [0.25, 0.3) is 0 Å². The first-order valence-electron chi connectivity index (χ1n) is 8.43. The van der Waals surface area contributed by atoms with Gasteiger partial charge in [-0.2, -0.15) is 13.2 Å². The second kappa shape index (κ2) is 7.22. The molecule has 2 N–H and O–H groups in total. The van der Waals surface area contributed by atoms with Gasteiger partial charge >= 0.3 is 6.18 Å². The molecule has 0 aromatic heterocycles. The number of piperazine rings is 1. The minimum atomic E-state index is -4.47. The summed E-state index contributed by atoms with van der Waals surface area (Å²) in [6.45, 7) is 2.92. The molecule has 24 heavy (non-hydrogen) atoms. The number of hydrogen-bond donors (Lipinski definition) is 2. The van der Waals surface area contributed by atoms with E-state index in [0.717, 1.165) is 44.8 Å². The van der Waals surface area contributed by atoms with E-state index in [1.54, 1.807) is 0 Å². The van der Waals surface area contributed by atoms with Gasteiger partial charge < -0.3 is 10.4 Å². The molecule has 1 heterocycles. The van der Waals surface area contributed by atoms with Gasteiger partial charge in [0.05, 0.1) is 10.0 Å². The standard InChI is InChI=1S/C17H22BrF3N2O/c18-13-6-5-12(17(19,20)21)14(16(13)24)15(11-3-1-2-4-11)23-9-7-22-8-10-23/h5-6,11,15,22,24H,1-4,7-10H2/t15-/m1/s1. The zero-order valence-corrected chi connectivity index (χ0v) is 15.0. The number of nitrogens with zero attached hydrogens (tertiary/aromatic N) is 1. The normalized spacial score (nSPS) is 22.0. The molecule has 3 nitrogen and oxygen atoms in total. The van der Waals surface area contributed by atoms with E-state index >= 15 is 0 Å². The van der Waals surface area contributed by atoms with Crippen LogP contribution in [0.3, 0.4) is 0 Å². The Bertz CT molecular complexity index is 582. The van der Waals surface area contributed by atoms with E-state index in [-0.39, 0.29) is 23.3 Å². The van der Waals surface area contributed by atoms with Crippen molar-refractivity contribution >= 4 is 15.9 Å². The second-order valence-corrected chi connectivity index (χ2v) is 7.48. The highest BCUT2D eigenvalue weighted by atomic mass is 79.9. The Labute approximate surface area is 148 Å². The van der Waals surface area contributed by atoms with Gasteiger partial charge in [-0.25, -0.2) is 0 Å². The maximum absolute atomic E-state index is 13.6. The van der Waals surface area contributed by atoms with Crippen molar-refractivity contribution in [2.75, 3.05) is 26.2 Å². The zero-order chi connectivity index (χ0) is 17.3. The molecule has 0 bridgehead atoms. The first-order chi connectivity index (χ1) is 11.4. The van der Waals surface area contributed by atoms with Crippen LogP contribution in [0.4, 0.5) is 13.2 Å². The Morgan fingerprint density at radius 2 is 1.79 bits per heavy atom. The van der Waals surface area contributed by atoms with Gasteiger partial charge in [0.2, 0.25) is 0 Å². The van der Waals surface area contributed by atoms with Crippen LogP contribution in [0, 0.1) is 5.92 Å². The Balaban J connectivity index is 2.10. The van der Waals surface area contributed by atoms with Gasteiger partial charge in [0, 0.05) is 37.8 Å². The van der Waals surface area contributed by atoms with Crippen LogP contribution in [0.2, 0.25) is 0 Å². The number of alkyl halides is 3. The number of phenolic OH excluding ortho intramolecular Hbond substituents is 1. The van der Waals surface area contributed by atoms with Crippen molar-refractivity contribution in [3.05, 3.63) is 27.7 Å². The number of benzene rings is 1. The molecule has 2 fully saturated rings. The van der Waals surface area contributed by atoms with Crippen molar-refractivity contribution in [2.24, 2.45) is 5.92 Å². The first-order valence-corrected chi connectivity index (χ1v) is 9.22. The van der Waals surface area contributed by atoms with Gasteiger partial charge in [-0.15, -0.1) is 0 Å². The first kappa shape index (κ1) is 18.0. The Morgan fingerprint density at radius 3 is 2.38 bits per heavy atom. The highest BCUT2D eigenvalue weighted by molar-refractivity contribution is 9.10. The number of halogens is 4. The molecule has 1 atom stereocenters. The van der Waals surface area contributed by atoms with Gasteiger partial charge in [-0.3, -0.25) is 4.90 Å². The Kier molecular flexibility index (Phi) is 5.42. The molecular weight excluding hydrogens is 385 g/mol. The molecule has 2 aliphatic rings. The molecule has 1 saturated carbocycles. The van der Waals surface area contributed by atoms with E-state index in [1.165, 1.54) is 6.07 Å². The lowest BCUT2D eigenvalue weighted by Gasteiger charge is -2.40. The fourth-order valence-electron chi connectivity index (χ4n) is 4.08. The number of hydrogen-bond acceptors (Lipinski definition) is 3. The molecule has 0 unspecified atom stereocenters. The van der Waals surface area contributed by atoms with E-state index in [4.69, 9.17) is 0 Å². The lowest BCUT2D eigenvalue weighted by Crippen LogP contribution is -2.47. The summed E-state index contributed by atoms with van der Waals surface area (Å²) in [6.07, 6.45) is -0.555. The molecule has 1 aliphatic carbocycles. The fraction of sp³-hybridized carbons (Fsp3) is 0.647. The zero-order valence-electron chi connectivity index (χ0n) is 13.4. The van der Waals surface area contributed by atoms with Gasteiger partial charge in [-0.1, -0.05) is 12.8 Å². The fourth-order valence-corrected chi connectivity index (χ4v) is 4.42. The van der Waals surface area contributed by atoms with Crippen molar-refractivity contribution in [3.63, 3.8) is 0 Å². The van der Waals surface area contributed by atoms with E-state index in [9.17, 15) is 18.3 Å². The summed E-state index contributed by atoms with van der Waals surface area (Å²) in [6, 6.07) is 1.98. The largest absolute Gasteiger partial charge is 0.506 e. The number of nitrogens with one attached hydrogen (secondary N) is 1. The second-order valence-electron chi connectivity index (χ2n) is 6.63. The molecule has 134 valence electrons. The minimum absolute atomic E-state index is 0.0469. The Morgan fingerprint density at radius 1 is 1.17 bits per heavy atom. The predicted octanol–water partition coefficient (Wildman–Crippen LogP) is 4.31. The highest BCUT2D eigenvalue weighted by Gasteiger charge is 2.42. The summed E-state index contributed by atoms with van der Waals surface area (Å²) in [5.41, 5.74) is -0.663. The van der Waals surface area contributed by atoms with Gasteiger partial charge in [0.15, 0.2) is 0 Å². The molecule has 0 radical (unpaired) electrons. The average molecular weight is 407 g/mol. The quantitative estimate of drug-likeness (QED) is 0.784. The maximum atomic E-state index is 13.6. The molecule has 3 rings (SSSR count). The third kappa shape index (κ3) is 3.58. The summed E-state index contributed by atoms with van der Waals surface area (Å²) < 4.78 is 41.2. The van der Waals surface area contributed by atoms with Crippen molar-refractivity contribution in [2.45, 2.75) is 37.9 Å². The molecule has 7 heteroatoms. The lowest BCUT2D eigenvalue weighted by atomic mass is 9.86. The highest BCUT2D eigenvalue weighted by Crippen LogP contribution is 2.49. The Hall–Kier alpha value is -0.790. The average Bonchev–Trinajstić information content (AvgIpc) is 3.06. The smallest absolute Gasteiger partial charge is 0.416 e. The monoisotopic (exact) mass is 406 g/mol. The van der Waals surface area contributed by atoms with Crippen LogP contribution >= 0.6 is 15.9 Å². The van der Waals surface area contributed by atoms with Crippen molar-refractivity contribution in [1.82, 2.24) is 10.2 Å². The number of aromatic hydroxyl groups is 1. The van der Waals surface area contributed by atoms with Gasteiger partial charge in [-0.05, 0) is 46.8 Å². The van der Waals surface area contributed by atoms with Crippen LogP contribution in [0.1, 0.15) is 42.9 Å². The summed E-state index contributed by atoms with van der Waals surface area (Å²) in [4.78, 5) is 2.11. The molecule has 0 amide bonds. The molecular formula is C17H22BrF3N2O. The summed E-state index contributed by atoms with van der Waals surface area (Å²) in [5, 5.41) is 13.8. The van der Waals surface area contributed by atoms with Crippen molar-refractivity contribution in [3.8, 4) is 5.75 Å². The molecule has 1 saturated heterocycles. The summed E-state index contributed by atoms with van der Waals surface area (Å²) in [5.74, 6) is -0.107. The van der Waals surface area contributed by atoms with E-state index in [0.29, 0.717) is 17.6 Å². The van der Waals surface area contributed by atoms with Crippen molar-refractivity contribution in [1.29, 1.82) is 0 Å².